The number of benzene rings is 2. The van der Waals surface area contributed by atoms with Crippen molar-refractivity contribution in [2.45, 2.75) is 64.5 Å². The number of anilines is 1. The van der Waals surface area contributed by atoms with E-state index in [1.54, 1.807) is 0 Å². The first kappa shape index (κ1) is 23.7. The molecule has 0 aliphatic heterocycles. The van der Waals surface area contributed by atoms with Gasteiger partial charge in [-0.3, -0.25) is 4.79 Å². The van der Waals surface area contributed by atoms with Crippen LogP contribution in [0.3, 0.4) is 0 Å². The zero-order valence-corrected chi connectivity index (χ0v) is 20.3. The number of carbonyl (C=O) groups excluding carboxylic acids is 1. The number of carbonyl (C=O) groups is 1. The van der Waals surface area contributed by atoms with Crippen molar-refractivity contribution in [2.75, 3.05) is 11.2 Å². The third-order valence-corrected chi connectivity index (χ3v) is 6.23. The first-order chi connectivity index (χ1) is 15.2. The molecule has 0 saturated carbocycles. The molecule has 1 atom stereocenters. The lowest BCUT2D eigenvalue weighted by Gasteiger charge is -2.15. The van der Waals surface area contributed by atoms with E-state index < -0.39 is 5.25 Å². The Kier molecular flexibility index (Phi) is 7.45. The predicted molar refractivity (Wildman–Crippen MR) is 130 cm³/mol. The number of ether oxygens (including phenoxy) is 1. The molecule has 0 spiro atoms. The highest BCUT2D eigenvalue weighted by Gasteiger charge is 2.20. The largest absolute Gasteiger partial charge is 0.485 e. The SMILES string of the molecule is Cc1ccc(NC(=O)C(C)Sc2nnc(COc3cc(C)ccc3C(C)C)n2N)c(C)c1. The average Bonchev–Trinajstić information content (AvgIpc) is 3.07. The van der Waals surface area contributed by atoms with E-state index in [4.69, 9.17) is 10.6 Å². The van der Waals surface area contributed by atoms with Crippen LogP contribution in [0.1, 0.15) is 54.8 Å². The van der Waals surface area contributed by atoms with E-state index in [-0.39, 0.29) is 12.5 Å². The molecule has 1 amide bonds. The maximum Gasteiger partial charge on any atom is 0.237 e. The van der Waals surface area contributed by atoms with Crippen LogP contribution < -0.4 is 15.9 Å². The second-order valence-corrected chi connectivity index (χ2v) is 9.63. The second-order valence-electron chi connectivity index (χ2n) is 8.32. The maximum absolute atomic E-state index is 12.7. The van der Waals surface area contributed by atoms with Gasteiger partial charge < -0.3 is 15.9 Å². The van der Waals surface area contributed by atoms with Gasteiger partial charge in [-0.2, -0.15) is 0 Å². The minimum atomic E-state index is -0.403. The fraction of sp³-hybridized carbons (Fsp3) is 0.375. The third-order valence-electron chi connectivity index (χ3n) is 5.17. The lowest BCUT2D eigenvalue weighted by molar-refractivity contribution is -0.115. The van der Waals surface area contributed by atoms with Crippen molar-refractivity contribution < 1.29 is 9.53 Å². The van der Waals surface area contributed by atoms with E-state index in [9.17, 15) is 4.79 Å². The predicted octanol–water partition coefficient (Wildman–Crippen LogP) is 4.74. The summed E-state index contributed by atoms with van der Waals surface area (Å²) in [7, 11) is 0. The molecule has 0 fully saturated rings. The molecular formula is C24H31N5O2S. The number of hydrogen-bond acceptors (Lipinski definition) is 6. The van der Waals surface area contributed by atoms with E-state index in [0.29, 0.717) is 16.9 Å². The molecule has 0 saturated heterocycles. The van der Waals surface area contributed by atoms with Crippen LogP contribution in [0.5, 0.6) is 5.75 Å². The van der Waals surface area contributed by atoms with E-state index in [1.165, 1.54) is 16.4 Å². The number of rotatable bonds is 8. The molecule has 8 heteroatoms. The highest BCUT2D eigenvalue weighted by Crippen LogP contribution is 2.28. The van der Waals surface area contributed by atoms with Gasteiger partial charge in [0, 0.05) is 5.69 Å². The summed E-state index contributed by atoms with van der Waals surface area (Å²) in [6.07, 6.45) is 0. The van der Waals surface area contributed by atoms with Crippen molar-refractivity contribution >= 4 is 23.4 Å². The Labute approximate surface area is 193 Å². The van der Waals surface area contributed by atoms with Gasteiger partial charge in [0.2, 0.25) is 11.1 Å². The van der Waals surface area contributed by atoms with Crippen LogP contribution in [-0.2, 0) is 11.4 Å². The Bertz CT molecular complexity index is 1110. The van der Waals surface area contributed by atoms with Gasteiger partial charge in [0.15, 0.2) is 5.82 Å². The van der Waals surface area contributed by atoms with E-state index in [1.807, 2.05) is 52.0 Å². The molecule has 0 aliphatic rings. The zero-order valence-electron chi connectivity index (χ0n) is 19.5. The highest BCUT2D eigenvalue weighted by molar-refractivity contribution is 8.00. The summed E-state index contributed by atoms with van der Waals surface area (Å²) in [5.74, 6) is 7.72. The lowest BCUT2D eigenvalue weighted by Crippen LogP contribution is -2.24. The molecule has 0 bridgehead atoms. The van der Waals surface area contributed by atoms with Crippen molar-refractivity contribution in [2.24, 2.45) is 0 Å². The van der Waals surface area contributed by atoms with Crippen LogP contribution in [-0.4, -0.2) is 26.0 Å². The first-order valence-electron chi connectivity index (χ1n) is 10.6. The van der Waals surface area contributed by atoms with Crippen molar-refractivity contribution in [1.82, 2.24) is 14.9 Å². The van der Waals surface area contributed by atoms with Crippen molar-refractivity contribution in [1.29, 1.82) is 0 Å². The third kappa shape index (κ3) is 5.62. The topological polar surface area (TPSA) is 95.1 Å². The minimum absolute atomic E-state index is 0.121. The number of nitrogens with zero attached hydrogens (tertiary/aromatic N) is 3. The maximum atomic E-state index is 12.7. The number of amides is 1. The zero-order chi connectivity index (χ0) is 23.4. The smallest absolute Gasteiger partial charge is 0.237 e. The Hall–Kier alpha value is -3.00. The summed E-state index contributed by atoms with van der Waals surface area (Å²) < 4.78 is 7.41. The Balaban J connectivity index is 1.64. The van der Waals surface area contributed by atoms with Crippen LogP contribution in [0.25, 0.3) is 0 Å². The van der Waals surface area contributed by atoms with Crippen LogP contribution in [0.2, 0.25) is 0 Å². The molecule has 1 unspecified atom stereocenters. The monoisotopic (exact) mass is 453 g/mol. The Morgan fingerprint density at radius 1 is 1.09 bits per heavy atom. The van der Waals surface area contributed by atoms with Gasteiger partial charge in [-0.1, -0.05) is 55.4 Å². The molecule has 32 heavy (non-hydrogen) atoms. The van der Waals surface area contributed by atoms with Crippen LogP contribution in [0.15, 0.2) is 41.6 Å². The number of aryl methyl sites for hydroxylation is 3. The van der Waals surface area contributed by atoms with Crippen LogP contribution in [0.4, 0.5) is 5.69 Å². The van der Waals surface area contributed by atoms with Gasteiger partial charge in [0.1, 0.15) is 12.4 Å². The van der Waals surface area contributed by atoms with Crippen LogP contribution >= 0.6 is 11.8 Å². The van der Waals surface area contributed by atoms with E-state index in [2.05, 4.69) is 41.5 Å². The minimum Gasteiger partial charge on any atom is -0.485 e. The fourth-order valence-electron chi connectivity index (χ4n) is 3.27. The van der Waals surface area contributed by atoms with Crippen LogP contribution in [0, 0.1) is 20.8 Å². The lowest BCUT2D eigenvalue weighted by atomic mass is 10.0. The van der Waals surface area contributed by atoms with Gasteiger partial charge in [-0.05, 0) is 62.4 Å². The van der Waals surface area contributed by atoms with Gasteiger partial charge in [0.05, 0.1) is 5.25 Å². The number of nitrogens with two attached hydrogens (primary N) is 1. The summed E-state index contributed by atoms with van der Waals surface area (Å²) in [6.45, 7) is 12.3. The molecule has 1 heterocycles. The fourth-order valence-corrected chi connectivity index (χ4v) is 4.06. The van der Waals surface area contributed by atoms with Gasteiger partial charge in [-0.25, -0.2) is 4.68 Å². The van der Waals surface area contributed by atoms with Crippen molar-refractivity contribution in [3.8, 4) is 5.75 Å². The second kappa shape index (κ2) is 10.1. The summed E-state index contributed by atoms with van der Waals surface area (Å²) in [4.78, 5) is 12.7. The summed E-state index contributed by atoms with van der Waals surface area (Å²) in [6, 6.07) is 12.1. The summed E-state index contributed by atoms with van der Waals surface area (Å²) in [5, 5.41) is 11.3. The quantitative estimate of drug-likeness (QED) is 0.378. The Morgan fingerprint density at radius 3 is 2.47 bits per heavy atom. The van der Waals surface area contributed by atoms with Crippen molar-refractivity contribution in [3.63, 3.8) is 0 Å². The van der Waals surface area contributed by atoms with Gasteiger partial charge >= 0.3 is 0 Å². The molecule has 3 N–H and O–H groups in total. The molecule has 1 aromatic heterocycles. The number of thioether (sulfide) groups is 1. The number of nitrogens with one attached hydrogen (secondary N) is 1. The molecule has 3 aromatic rings. The summed E-state index contributed by atoms with van der Waals surface area (Å²) >= 11 is 1.26. The number of aromatic nitrogens is 3. The average molecular weight is 454 g/mol. The number of hydrogen-bond donors (Lipinski definition) is 2. The normalized spacial score (nSPS) is 12.1. The molecule has 170 valence electrons. The molecular weight excluding hydrogens is 422 g/mol. The van der Waals surface area contributed by atoms with Gasteiger partial charge in [0.25, 0.3) is 0 Å². The molecule has 3 rings (SSSR count). The first-order valence-corrected chi connectivity index (χ1v) is 11.5. The molecule has 0 radical (unpaired) electrons. The van der Waals surface area contributed by atoms with E-state index >= 15 is 0 Å². The summed E-state index contributed by atoms with van der Waals surface area (Å²) in [5.41, 5.74) is 5.23. The number of nitrogen functional groups attached to an aromatic ring is 1. The van der Waals surface area contributed by atoms with E-state index in [0.717, 1.165) is 33.7 Å². The highest BCUT2D eigenvalue weighted by atomic mass is 32.2. The molecule has 2 aromatic carbocycles. The molecule has 0 aliphatic carbocycles. The molecule has 7 nitrogen and oxygen atoms in total. The standard InChI is InChI=1S/C24H31N5O2S/c1-14(2)19-9-7-16(4)12-21(19)31-13-22-27-28-24(29(22)25)32-18(6)23(30)26-20-10-8-15(3)11-17(20)5/h7-12,14,18H,13,25H2,1-6H3,(H,26,30). The Morgan fingerprint density at radius 2 is 1.78 bits per heavy atom. The van der Waals surface area contributed by atoms with Gasteiger partial charge in [-0.15, -0.1) is 10.2 Å². The van der Waals surface area contributed by atoms with Crippen molar-refractivity contribution in [3.05, 3.63) is 64.5 Å².